The minimum Gasteiger partial charge on any atom is -0.451 e. The van der Waals surface area contributed by atoms with Gasteiger partial charge in [-0.05, 0) is 49.1 Å². The molecule has 2 aromatic rings. The number of nitrogens with one attached hydrogen (secondary N) is 1. The topological polar surface area (TPSA) is 79.5 Å². The van der Waals surface area contributed by atoms with Crippen LogP contribution in [0.4, 0.5) is 0 Å². The van der Waals surface area contributed by atoms with Gasteiger partial charge < -0.3 is 14.6 Å². The van der Waals surface area contributed by atoms with E-state index in [1.807, 2.05) is 4.90 Å². The molecule has 1 saturated heterocycles. The van der Waals surface area contributed by atoms with Gasteiger partial charge in [0.1, 0.15) is 5.69 Å². The zero-order chi connectivity index (χ0) is 18.8. The van der Waals surface area contributed by atoms with E-state index in [2.05, 4.69) is 4.98 Å². The van der Waals surface area contributed by atoms with E-state index < -0.39 is 5.97 Å². The number of esters is 1. The third kappa shape index (κ3) is 3.61. The maximum absolute atomic E-state index is 12.6. The van der Waals surface area contributed by atoms with Gasteiger partial charge in [-0.25, -0.2) is 4.79 Å². The first-order valence-electron chi connectivity index (χ1n) is 9.72. The van der Waals surface area contributed by atoms with Gasteiger partial charge in [0.25, 0.3) is 11.5 Å². The molecule has 27 heavy (non-hydrogen) atoms. The first-order valence-corrected chi connectivity index (χ1v) is 9.72. The van der Waals surface area contributed by atoms with Gasteiger partial charge in [0, 0.05) is 18.0 Å². The Hall–Kier alpha value is -2.63. The van der Waals surface area contributed by atoms with Crippen LogP contribution in [0.2, 0.25) is 0 Å². The largest absolute Gasteiger partial charge is 0.451 e. The van der Waals surface area contributed by atoms with Crippen LogP contribution in [0.25, 0.3) is 10.8 Å². The zero-order valence-corrected chi connectivity index (χ0v) is 15.3. The van der Waals surface area contributed by atoms with Gasteiger partial charge in [-0.2, -0.15) is 0 Å². The molecular formula is C21H24N2O4. The van der Waals surface area contributed by atoms with Crippen molar-refractivity contribution in [3.63, 3.8) is 0 Å². The first kappa shape index (κ1) is 17.8. The van der Waals surface area contributed by atoms with Crippen LogP contribution in [-0.2, 0) is 9.53 Å². The van der Waals surface area contributed by atoms with Crippen molar-refractivity contribution in [2.24, 2.45) is 5.92 Å². The normalized spacial score (nSPS) is 22.3. The summed E-state index contributed by atoms with van der Waals surface area (Å²) < 4.78 is 5.23. The van der Waals surface area contributed by atoms with E-state index in [0.29, 0.717) is 22.7 Å². The van der Waals surface area contributed by atoms with E-state index in [4.69, 9.17) is 4.74 Å². The predicted octanol–water partition coefficient (Wildman–Crippen LogP) is 2.87. The molecule has 2 atom stereocenters. The van der Waals surface area contributed by atoms with Crippen molar-refractivity contribution in [2.75, 3.05) is 13.2 Å². The lowest BCUT2D eigenvalue weighted by Gasteiger charge is -2.44. The number of aromatic amines is 1. The molecule has 6 nitrogen and oxygen atoms in total. The van der Waals surface area contributed by atoms with Gasteiger partial charge in [-0.15, -0.1) is 0 Å². The average Bonchev–Trinajstić information content (AvgIpc) is 2.71. The number of aromatic nitrogens is 1. The minimum atomic E-state index is -0.677. The minimum absolute atomic E-state index is 0.0701. The fourth-order valence-corrected chi connectivity index (χ4v) is 4.54. The Morgan fingerprint density at radius 1 is 1.11 bits per heavy atom. The van der Waals surface area contributed by atoms with Gasteiger partial charge in [0.2, 0.25) is 0 Å². The summed E-state index contributed by atoms with van der Waals surface area (Å²) >= 11 is 0. The van der Waals surface area contributed by atoms with Crippen LogP contribution in [0.15, 0.2) is 35.1 Å². The van der Waals surface area contributed by atoms with Gasteiger partial charge in [0.05, 0.1) is 0 Å². The number of rotatable bonds is 3. The molecule has 1 aromatic heterocycles. The number of amides is 1. The second-order valence-corrected chi connectivity index (χ2v) is 7.52. The summed E-state index contributed by atoms with van der Waals surface area (Å²) in [6, 6.07) is 8.91. The number of piperidine rings is 1. The third-order valence-corrected chi connectivity index (χ3v) is 5.86. The molecule has 0 bridgehead atoms. The number of carbonyl (C=O) groups excluding carboxylic acids is 2. The number of fused-ring (bicyclic) bond motifs is 2. The Kier molecular flexibility index (Phi) is 4.97. The number of ether oxygens (including phenoxy) is 1. The van der Waals surface area contributed by atoms with Crippen molar-refractivity contribution in [1.82, 2.24) is 9.88 Å². The van der Waals surface area contributed by atoms with Crippen molar-refractivity contribution in [1.29, 1.82) is 0 Å². The fraction of sp³-hybridized carbons (Fsp3) is 0.476. The molecular weight excluding hydrogens is 344 g/mol. The number of hydrogen-bond donors (Lipinski definition) is 1. The SMILES string of the molecule is O=C(OCC(=O)N1CCC[C@@H]2CCCC[C@H]21)c1cc2ccccc2c(=O)[nH]1. The quantitative estimate of drug-likeness (QED) is 0.845. The lowest BCUT2D eigenvalue weighted by Crippen LogP contribution is -2.50. The summed E-state index contributed by atoms with van der Waals surface area (Å²) in [5.41, 5.74) is -0.270. The van der Waals surface area contributed by atoms with Crippen molar-refractivity contribution >= 4 is 22.6 Å². The fourth-order valence-electron chi connectivity index (χ4n) is 4.54. The molecule has 1 saturated carbocycles. The van der Waals surface area contributed by atoms with E-state index in [-0.39, 0.29) is 23.8 Å². The smallest absolute Gasteiger partial charge is 0.355 e. The van der Waals surface area contributed by atoms with Gasteiger partial charge in [0.15, 0.2) is 6.61 Å². The van der Waals surface area contributed by atoms with Crippen LogP contribution in [-0.4, -0.2) is 41.0 Å². The number of benzene rings is 1. The summed E-state index contributed by atoms with van der Waals surface area (Å²) in [6.45, 7) is 0.460. The van der Waals surface area contributed by atoms with Gasteiger partial charge in [-0.3, -0.25) is 9.59 Å². The Morgan fingerprint density at radius 2 is 1.89 bits per heavy atom. The predicted molar refractivity (Wildman–Crippen MR) is 102 cm³/mol. The van der Waals surface area contributed by atoms with Crippen LogP contribution in [0, 0.1) is 5.92 Å². The molecule has 1 N–H and O–H groups in total. The molecule has 6 heteroatoms. The van der Waals surface area contributed by atoms with Crippen LogP contribution in [0.3, 0.4) is 0 Å². The molecule has 2 aliphatic rings. The molecule has 2 heterocycles. The Balaban J connectivity index is 1.43. The van der Waals surface area contributed by atoms with E-state index in [9.17, 15) is 14.4 Å². The zero-order valence-electron chi connectivity index (χ0n) is 15.3. The summed E-state index contributed by atoms with van der Waals surface area (Å²) in [5.74, 6) is -0.226. The molecule has 1 aromatic carbocycles. The highest BCUT2D eigenvalue weighted by Gasteiger charge is 2.35. The van der Waals surface area contributed by atoms with E-state index >= 15 is 0 Å². The highest BCUT2D eigenvalue weighted by Crippen LogP contribution is 2.35. The standard InChI is InChI=1S/C21H24N2O4/c24-19(23-11-5-8-14-6-2-4-10-18(14)23)13-27-21(26)17-12-15-7-1-3-9-16(15)20(25)22-17/h1,3,7,9,12,14,18H,2,4-6,8,10-11,13H2,(H,22,25)/t14-,18+/m0/s1. The van der Waals surface area contributed by atoms with Gasteiger partial charge >= 0.3 is 5.97 Å². The summed E-state index contributed by atoms with van der Waals surface area (Å²) in [4.78, 5) is 41.6. The van der Waals surface area contributed by atoms with E-state index in [1.54, 1.807) is 30.3 Å². The molecule has 4 rings (SSSR count). The van der Waals surface area contributed by atoms with E-state index in [1.165, 1.54) is 19.3 Å². The van der Waals surface area contributed by atoms with Crippen molar-refractivity contribution in [3.8, 4) is 0 Å². The molecule has 1 aliphatic carbocycles. The highest BCUT2D eigenvalue weighted by molar-refractivity contribution is 5.94. The molecule has 0 unspecified atom stereocenters. The monoisotopic (exact) mass is 368 g/mol. The number of likely N-dealkylation sites (tertiary alicyclic amines) is 1. The number of H-pyrrole nitrogens is 1. The number of pyridine rings is 1. The van der Waals surface area contributed by atoms with Crippen LogP contribution in [0.1, 0.15) is 49.0 Å². The third-order valence-electron chi connectivity index (χ3n) is 5.86. The highest BCUT2D eigenvalue weighted by atomic mass is 16.5. The molecule has 1 aliphatic heterocycles. The van der Waals surface area contributed by atoms with Crippen molar-refractivity contribution < 1.29 is 14.3 Å². The second-order valence-electron chi connectivity index (χ2n) is 7.52. The summed E-state index contributed by atoms with van der Waals surface area (Å²) in [6.07, 6.45) is 6.83. The van der Waals surface area contributed by atoms with Crippen molar-refractivity contribution in [2.45, 2.75) is 44.6 Å². The molecule has 142 valence electrons. The lowest BCUT2D eigenvalue weighted by atomic mass is 9.78. The molecule has 1 amide bonds. The molecule has 0 radical (unpaired) electrons. The summed E-state index contributed by atoms with van der Waals surface area (Å²) in [7, 11) is 0. The van der Waals surface area contributed by atoms with Gasteiger partial charge in [-0.1, -0.05) is 31.0 Å². The number of carbonyl (C=O) groups is 2. The van der Waals surface area contributed by atoms with Crippen LogP contribution in [0.5, 0.6) is 0 Å². The number of hydrogen-bond acceptors (Lipinski definition) is 4. The first-order chi connectivity index (χ1) is 13.1. The summed E-state index contributed by atoms with van der Waals surface area (Å²) in [5, 5.41) is 1.18. The van der Waals surface area contributed by atoms with E-state index in [0.717, 1.165) is 25.8 Å². The van der Waals surface area contributed by atoms with Crippen LogP contribution < -0.4 is 5.56 Å². The second kappa shape index (κ2) is 7.55. The molecule has 0 spiro atoms. The average molecular weight is 368 g/mol. The molecule has 2 fully saturated rings. The Morgan fingerprint density at radius 3 is 2.78 bits per heavy atom. The Bertz CT molecular complexity index is 918. The van der Waals surface area contributed by atoms with Crippen LogP contribution >= 0.6 is 0 Å². The number of nitrogens with zero attached hydrogens (tertiary/aromatic N) is 1. The maximum Gasteiger partial charge on any atom is 0.355 e. The maximum atomic E-state index is 12.6. The van der Waals surface area contributed by atoms with Crippen molar-refractivity contribution in [3.05, 3.63) is 46.4 Å². The lowest BCUT2D eigenvalue weighted by molar-refractivity contribution is -0.140. The Labute approximate surface area is 157 Å².